The molecule has 0 saturated heterocycles. The van der Waals surface area contributed by atoms with E-state index in [-0.39, 0.29) is 0 Å². The third-order valence-electron chi connectivity index (χ3n) is 4.55. The number of rotatable bonds is 1. The van der Waals surface area contributed by atoms with Gasteiger partial charge in [0.1, 0.15) is 0 Å². The lowest BCUT2D eigenvalue weighted by atomic mass is 9.95. The maximum atomic E-state index is 3.71. The Kier molecular flexibility index (Phi) is 2.95. The molecule has 0 saturated carbocycles. The van der Waals surface area contributed by atoms with Crippen LogP contribution in [0.25, 0.3) is 10.9 Å². The molecule has 1 aromatic carbocycles. The van der Waals surface area contributed by atoms with Gasteiger partial charge in [0.2, 0.25) is 0 Å². The molecular weight excluding hydrogens is 276 g/mol. The van der Waals surface area contributed by atoms with E-state index in [2.05, 4.69) is 54.7 Å². The van der Waals surface area contributed by atoms with E-state index < -0.39 is 0 Å². The maximum absolute atomic E-state index is 3.71. The summed E-state index contributed by atoms with van der Waals surface area (Å²) in [5, 5.41) is 7.33. The lowest BCUT2D eigenvalue weighted by Crippen LogP contribution is -2.30. The van der Waals surface area contributed by atoms with E-state index >= 15 is 0 Å². The van der Waals surface area contributed by atoms with E-state index in [0.29, 0.717) is 6.04 Å². The summed E-state index contributed by atoms with van der Waals surface area (Å²) in [6, 6.07) is 7.11. The van der Waals surface area contributed by atoms with Crippen LogP contribution in [-0.2, 0) is 6.42 Å². The summed E-state index contributed by atoms with van der Waals surface area (Å²) in [5.41, 5.74) is 8.29. The Morgan fingerprint density at radius 1 is 1.14 bits per heavy atom. The Labute approximate surface area is 129 Å². The van der Waals surface area contributed by atoms with Crippen LogP contribution >= 0.6 is 11.3 Å². The zero-order valence-corrected chi connectivity index (χ0v) is 13.5. The van der Waals surface area contributed by atoms with Crippen molar-refractivity contribution in [3.05, 3.63) is 56.4 Å². The summed E-state index contributed by atoms with van der Waals surface area (Å²) in [5.74, 6) is 0. The van der Waals surface area contributed by atoms with Crippen LogP contribution < -0.4 is 5.32 Å². The van der Waals surface area contributed by atoms with Crippen LogP contribution in [0, 0.1) is 20.8 Å². The molecule has 0 aliphatic carbocycles. The normalized spacial score (nSPS) is 18.1. The average Bonchev–Trinajstić information content (AvgIpc) is 3.01. The largest absolute Gasteiger partial charge is 0.357 e. The number of aromatic amines is 1. The molecule has 2 N–H and O–H groups in total. The highest BCUT2D eigenvalue weighted by Crippen LogP contribution is 2.37. The molecule has 4 rings (SSSR count). The van der Waals surface area contributed by atoms with Gasteiger partial charge in [0, 0.05) is 28.0 Å². The molecule has 1 aliphatic heterocycles. The zero-order chi connectivity index (χ0) is 14.6. The van der Waals surface area contributed by atoms with Crippen molar-refractivity contribution >= 4 is 22.2 Å². The predicted octanol–water partition coefficient (Wildman–Crippen LogP) is 4.39. The van der Waals surface area contributed by atoms with Crippen molar-refractivity contribution in [2.24, 2.45) is 0 Å². The van der Waals surface area contributed by atoms with Crippen LogP contribution in [0.4, 0.5) is 0 Å². The maximum Gasteiger partial charge on any atom is 0.0828 e. The molecule has 1 atom stereocenters. The Bertz CT molecular complexity index is 825. The molecule has 0 spiro atoms. The van der Waals surface area contributed by atoms with Crippen molar-refractivity contribution in [1.29, 1.82) is 0 Å². The minimum absolute atomic E-state index is 0.320. The first-order valence-electron chi connectivity index (χ1n) is 7.54. The number of aryl methyl sites for hydroxylation is 3. The standard InChI is InChI=1S/C18H20N2S/c1-10-8-12(3)15-13-4-6-19-17(16(13)20-14(15)9-10)18-11(2)5-7-21-18/h5,7-9,17,19-20H,4,6H2,1-3H3. The monoisotopic (exact) mass is 296 g/mol. The first-order valence-corrected chi connectivity index (χ1v) is 8.42. The number of hydrogen-bond acceptors (Lipinski definition) is 2. The minimum atomic E-state index is 0.320. The highest BCUT2D eigenvalue weighted by Gasteiger charge is 2.27. The molecule has 0 radical (unpaired) electrons. The lowest BCUT2D eigenvalue weighted by molar-refractivity contribution is 0.565. The summed E-state index contributed by atoms with van der Waals surface area (Å²) >= 11 is 1.85. The highest BCUT2D eigenvalue weighted by molar-refractivity contribution is 7.10. The Balaban J connectivity index is 1.97. The smallest absolute Gasteiger partial charge is 0.0828 e. The number of hydrogen-bond donors (Lipinski definition) is 2. The molecule has 3 heteroatoms. The number of benzene rings is 1. The van der Waals surface area contributed by atoms with E-state index in [0.717, 1.165) is 13.0 Å². The summed E-state index contributed by atoms with van der Waals surface area (Å²) in [6.07, 6.45) is 1.11. The summed E-state index contributed by atoms with van der Waals surface area (Å²) in [6.45, 7) is 7.66. The fourth-order valence-electron chi connectivity index (χ4n) is 3.68. The first kappa shape index (κ1) is 13.1. The van der Waals surface area contributed by atoms with E-state index in [1.807, 2.05) is 11.3 Å². The molecular formula is C18H20N2S. The summed E-state index contributed by atoms with van der Waals surface area (Å²) in [4.78, 5) is 5.15. The van der Waals surface area contributed by atoms with Crippen LogP contribution in [0.5, 0.6) is 0 Å². The van der Waals surface area contributed by atoms with Gasteiger partial charge in [-0.3, -0.25) is 0 Å². The summed E-state index contributed by atoms with van der Waals surface area (Å²) in [7, 11) is 0. The van der Waals surface area contributed by atoms with E-state index in [4.69, 9.17) is 0 Å². The predicted molar refractivity (Wildman–Crippen MR) is 90.4 cm³/mol. The van der Waals surface area contributed by atoms with E-state index in [1.165, 1.54) is 43.7 Å². The average molecular weight is 296 g/mol. The van der Waals surface area contributed by atoms with Crippen molar-refractivity contribution in [3.8, 4) is 0 Å². The fourth-order valence-corrected chi connectivity index (χ4v) is 4.69. The fraction of sp³-hybridized carbons (Fsp3) is 0.333. The number of H-pyrrole nitrogens is 1. The summed E-state index contributed by atoms with van der Waals surface area (Å²) < 4.78 is 0. The van der Waals surface area contributed by atoms with Crippen molar-refractivity contribution in [2.45, 2.75) is 33.2 Å². The second-order valence-electron chi connectivity index (χ2n) is 6.13. The second kappa shape index (κ2) is 4.72. The van der Waals surface area contributed by atoms with Crippen LogP contribution in [-0.4, -0.2) is 11.5 Å². The van der Waals surface area contributed by atoms with Gasteiger partial charge in [0.05, 0.1) is 6.04 Å². The molecule has 2 nitrogen and oxygen atoms in total. The molecule has 21 heavy (non-hydrogen) atoms. The molecule has 0 bridgehead atoms. The molecule has 1 aliphatic rings. The zero-order valence-electron chi connectivity index (χ0n) is 12.7. The van der Waals surface area contributed by atoms with Gasteiger partial charge in [0.25, 0.3) is 0 Å². The van der Waals surface area contributed by atoms with Gasteiger partial charge in [-0.05, 0) is 67.0 Å². The number of fused-ring (bicyclic) bond motifs is 3. The van der Waals surface area contributed by atoms with Gasteiger partial charge in [0.15, 0.2) is 0 Å². The Morgan fingerprint density at radius 2 is 2.00 bits per heavy atom. The van der Waals surface area contributed by atoms with Crippen LogP contribution in [0.15, 0.2) is 23.6 Å². The van der Waals surface area contributed by atoms with E-state index in [9.17, 15) is 0 Å². The molecule has 1 unspecified atom stereocenters. The second-order valence-corrected chi connectivity index (χ2v) is 7.07. The number of thiophene rings is 1. The van der Waals surface area contributed by atoms with Gasteiger partial charge in [-0.2, -0.15) is 0 Å². The highest BCUT2D eigenvalue weighted by atomic mass is 32.1. The lowest BCUT2D eigenvalue weighted by Gasteiger charge is -2.24. The van der Waals surface area contributed by atoms with Crippen LogP contribution in [0.2, 0.25) is 0 Å². The van der Waals surface area contributed by atoms with Crippen LogP contribution in [0.1, 0.15) is 38.9 Å². The number of nitrogens with one attached hydrogen (secondary N) is 2. The van der Waals surface area contributed by atoms with Crippen LogP contribution in [0.3, 0.4) is 0 Å². The van der Waals surface area contributed by atoms with Gasteiger partial charge >= 0.3 is 0 Å². The topological polar surface area (TPSA) is 27.8 Å². The quantitative estimate of drug-likeness (QED) is 0.685. The molecule has 0 amide bonds. The third-order valence-corrected chi connectivity index (χ3v) is 5.64. The van der Waals surface area contributed by atoms with Crippen molar-refractivity contribution in [3.63, 3.8) is 0 Å². The Morgan fingerprint density at radius 3 is 2.76 bits per heavy atom. The molecule has 3 heterocycles. The Hall–Kier alpha value is -1.58. The van der Waals surface area contributed by atoms with Crippen molar-refractivity contribution < 1.29 is 0 Å². The van der Waals surface area contributed by atoms with Crippen molar-refractivity contribution in [2.75, 3.05) is 6.54 Å². The SMILES string of the molecule is Cc1cc(C)c2c3c([nH]c2c1)C(c1sccc1C)NCC3. The number of aromatic nitrogens is 1. The third kappa shape index (κ3) is 1.95. The van der Waals surface area contributed by atoms with Gasteiger partial charge in [-0.25, -0.2) is 0 Å². The molecule has 108 valence electrons. The van der Waals surface area contributed by atoms with Gasteiger partial charge in [-0.1, -0.05) is 6.07 Å². The van der Waals surface area contributed by atoms with E-state index in [1.54, 1.807) is 0 Å². The molecule has 2 aromatic heterocycles. The van der Waals surface area contributed by atoms with Crippen molar-refractivity contribution in [1.82, 2.24) is 10.3 Å². The van der Waals surface area contributed by atoms with Gasteiger partial charge < -0.3 is 10.3 Å². The minimum Gasteiger partial charge on any atom is -0.357 e. The van der Waals surface area contributed by atoms with Gasteiger partial charge in [-0.15, -0.1) is 11.3 Å². The molecule has 3 aromatic rings. The first-order chi connectivity index (χ1) is 10.1. The molecule has 0 fully saturated rings.